The lowest BCUT2D eigenvalue weighted by Gasteiger charge is -2.38. The minimum Gasteiger partial charge on any atom is -0.368 e. The Morgan fingerprint density at radius 2 is 1.81 bits per heavy atom. The van der Waals surface area contributed by atoms with Crippen molar-refractivity contribution in [2.24, 2.45) is 40.4 Å². The van der Waals surface area contributed by atoms with Crippen molar-refractivity contribution >= 4 is 11.8 Å². The predicted octanol–water partition coefficient (Wildman–Crippen LogP) is 4.50. The molecule has 0 aromatic heterocycles. The van der Waals surface area contributed by atoms with Gasteiger partial charge in [-0.3, -0.25) is 9.59 Å². The molecule has 1 heterocycles. The minimum absolute atomic E-state index is 0.0360. The number of hydrogen-bond acceptors (Lipinski definition) is 3. The van der Waals surface area contributed by atoms with Gasteiger partial charge in [0.25, 0.3) is 0 Å². The number of carbonyl (C=O) groups is 2. The van der Waals surface area contributed by atoms with Crippen molar-refractivity contribution in [1.29, 1.82) is 0 Å². The van der Waals surface area contributed by atoms with Crippen molar-refractivity contribution < 1.29 is 14.3 Å². The quantitative estimate of drug-likeness (QED) is 0.670. The van der Waals surface area contributed by atoms with Gasteiger partial charge < -0.3 is 15.0 Å². The second-order valence-corrected chi connectivity index (χ2v) is 12.7. The fourth-order valence-corrected chi connectivity index (χ4v) is 6.46. The van der Waals surface area contributed by atoms with Gasteiger partial charge in [0.05, 0.1) is 6.10 Å². The molecule has 3 rings (SSSR count). The van der Waals surface area contributed by atoms with Gasteiger partial charge in [0.1, 0.15) is 12.6 Å². The van der Waals surface area contributed by atoms with E-state index in [1.165, 1.54) is 12.8 Å². The summed E-state index contributed by atoms with van der Waals surface area (Å²) in [6, 6.07) is -0.293. The molecule has 2 amide bonds. The summed E-state index contributed by atoms with van der Waals surface area (Å²) in [5.74, 6) is 2.75. The summed E-state index contributed by atoms with van der Waals surface area (Å²) in [7, 11) is 0. The lowest BCUT2D eigenvalue weighted by Crippen LogP contribution is -2.57. The van der Waals surface area contributed by atoms with Crippen molar-refractivity contribution in [2.45, 2.75) is 99.8 Å². The molecule has 2 aliphatic carbocycles. The SMILES string of the molecule is CC(C)[C@H]1CC[C@H](C)C[C@@H]1OCC(=O)N[C@H](C(=O)N1CC2[C@@H]([C@H]1C)C2(C)C)C(C)(C)C. The molecule has 31 heavy (non-hydrogen) atoms. The molecule has 2 saturated carbocycles. The van der Waals surface area contributed by atoms with Crippen molar-refractivity contribution in [3.63, 3.8) is 0 Å². The van der Waals surface area contributed by atoms with E-state index in [2.05, 4.69) is 46.9 Å². The molecule has 7 atom stereocenters. The van der Waals surface area contributed by atoms with E-state index in [-0.39, 0.29) is 36.0 Å². The van der Waals surface area contributed by atoms with Gasteiger partial charge in [-0.15, -0.1) is 0 Å². The van der Waals surface area contributed by atoms with Crippen molar-refractivity contribution in [3.8, 4) is 0 Å². The van der Waals surface area contributed by atoms with E-state index in [1.54, 1.807) is 0 Å². The van der Waals surface area contributed by atoms with Crippen LogP contribution in [0.4, 0.5) is 0 Å². The van der Waals surface area contributed by atoms with Gasteiger partial charge in [0.15, 0.2) is 0 Å². The number of rotatable bonds is 6. The van der Waals surface area contributed by atoms with E-state index < -0.39 is 6.04 Å². The fraction of sp³-hybridized carbons (Fsp3) is 0.923. The van der Waals surface area contributed by atoms with Gasteiger partial charge >= 0.3 is 0 Å². The molecule has 0 spiro atoms. The van der Waals surface area contributed by atoms with Crippen LogP contribution in [0.2, 0.25) is 0 Å². The van der Waals surface area contributed by atoms with Crippen LogP contribution in [-0.2, 0) is 14.3 Å². The predicted molar refractivity (Wildman–Crippen MR) is 124 cm³/mol. The van der Waals surface area contributed by atoms with E-state index in [0.717, 1.165) is 13.0 Å². The van der Waals surface area contributed by atoms with Crippen molar-refractivity contribution in [3.05, 3.63) is 0 Å². The highest BCUT2D eigenvalue weighted by Crippen LogP contribution is 2.64. The van der Waals surface area contributed by atoms with E-state index in [9.17, 15) is 9.59 Å². The number of fused-ring (bicyclic) bond motifs is 1. The van der Waals surface area contributed by atoms with Gasteiger partial charge in [0, 0.05) is 12.6 Å². The molecular weight excluding hydrogens is 388 g/mol. The van der Waals surface area contributed by atoms with Crippen LogP contribution < -0.4 is 5.32 Å². The molecule has 178 valence electrons. The summed E-state index contributed by atoms with van der Waals surface area (Å²) in [4.78, 5) is 28.4. The first kappa shape index (κ1) is 24.5. The van der Waals surface area contributed by atoms with Crippen LogP contribution in [0.3, 0.4) is 0 Å². The topological polar surface area (TPSA) is 58.6 Å². The monoisotopic (exact) mass is 434 g/mol. The average Bonchev–Trinajstić information content (AvgIpc) is 2.99. The summed E-state index contributed by atoms with van der Waals surface area (Å²) < 4.78 is 6.14. The maximum atomic E-state index is 13.5. The Morgan fingerprint density at radius 3 is 2.32 bits per heavy atom. The van der Waals surface area contributed by atoms with E-state index in [4.69, 9.17) is 4.74 Å². The summed E-state index contributed by atoms with van der Waals surface area (Å²) in [6.45, 7) is 20.5. The van der Waals surface area contributed by atoms with Crippen molar-refractivity contribution in [2.75, 3.05) is 13.2 Å². The lowest BCUT2D eigenvalue weighted by molar-refractivity contribution is -0.143. The van der Waals surface area contributed by atoms with Crippen LogP contribution in [0.5, 0.6) is 0 Å². The number of likely N-dealkylation sites (tertiary alicyclic amines) is 1. The van der Waals surface area contributed by atoms with Gasteiger partial charge in [0.2, 0.25) is 11.8 Å². The first-order valence-electron chi connectivity index (χ1n) is 12.5. The van der Waals surface area contributed by atoms with Gasteiger partial charge in [-0.2, -0.15) is 0 Å². The average molecular weight is 435 g/mol. The third kappa shape index (κ3) is 4.96. The molecule has 3 aliphatic rings. The highest BCUT2D eigenvalue weighted by molar-refractivity contribution is 5.89. The van der Waals surface area contributed by atoms with Gasteiger partial charge in [-0.05, 0) is 60.2 Å². The Hall–Kier alpha value is -1.10. The van der Waals surface area contributed by atoms with E-state index in [0.29, 0.717) is 35.0 Å². The summed E-state index contributed by atoms with van der Waals surface area (Å²) >= 11 is 0. The Morgan fingerprint density at radius 1 is 1.16 bits per heavy atom. The first-order chi connectivity index (χ1) is 14.2. The van der Waals surface area contributed by atoms with Crippen LogP contribution >= 0.6 is 0 Å². The number of ether oxygens (including phenoxy) is 1. The first-order valence-corrected chi connectivity index (χ1v) is 12.5. The summed E-state index contributed by atoms with van der Waals surface area (Å²) in [5.41, 5.74) is -0.0107. The number of amides is 2. The molecule has 0 aromatic rings. The lowest BCUT2D eigenvalue weighted by atomic mass is 9.75. The number of carbonyl (C=O) groups excluding carboxylic acids is 2. The molecule has 1 saturated heterocycles. The highest BCUT2D eigenvalue weighted by Gasteiger charge is 2.66. The molecule has 3 fully saturated rings. The number of piperidine rings is 1. The normalized spacial score (nSPS) is 35.6. The molecule has 5 nitrogen and oxygen atoms in total. The smallest absolute Gasteiger partial charge is 0.246 e. The van der Waals surface area contributed by atoms with Crippen LogP contribution in [0.25, 0.3) is 0 Å². The maximum absolute atomic E-state index is 13.5. The van der Waals surface area contributed by atoms with Crippen LogP contribution in [0, 0.1) is 40.4 Å². The molecule has 0 aromatic carbocycles. The molecular formula is C26H46N2O3. The molecule has 0 bridgehead atoms. The van der Waals surface area contributed by atoms with Gasteiger partial charge in [-0.25, -0.2) is 0 Å². The van der Waals surface area contributed by atoms with Gasteiger partial charge in [-0.1, -0.05) is 61.8 Å². The van der Waals surface area contributed by atoms with Crippen LogP contribution in [0.1, 0.15) is 81.6 Å². The zero-order valence-electron chi connectivity index (χ0n) is 21.3. The Balaban J connectivity index is 1.60. The van der Waals surface area contributed by atoms with Crippen molar-refractivity contribution in [1.82, 2.24) is 10.2 Å². The Bertz CT molecular complexity index is 681. The third-order valence-electron chi connectivity index (χ3n) is 8.64. The zero-order valence-corrected chi connectivity index (χ0v) is 21.3. The highest BCUT2D eigenvalue weighted by atomic mass is 16.5. The zero-order chi connectivity index (χ0) is 23.3. The summed E-state index contributed by atoms with van der Waals surface area (Å²) in [5, 5.41) is 3.04. The second kappa shape index (κ2) is 8.68. The van der Waals surface area contributed by atoms with E-state index >= 15 is 0 Å². The molecule has 1 aliphatic heterocycles. The van der Waals surface area contributed by atoms with E-state index in [1.807, 2.05) is 25.7 Å². The molecule has 1 unspecified atom stereocenters. The van der Waals surface area contributed by atoms with Crippen LogP contribution in [-0.4, -0.2) is 48.1 Å². The number of nitrogens with zero attached hydrogens (tertiary/aromatic N) is 1. The summed E-state index contributed by atoms with van der Waals surface area (Å²) in [6.07, 6.45) is 3.55. The maximum Gasteiger partial charge on any atom is 0.246 e. The molecule has 1 N–H and O–H groups in total. The third-order valence-corrected chi connectivity index (χ3v) is 8.64. The molecule has 5 heteroatoms. The van der Waals surface area contributed by atoms with Crippen LogP contribution in [0.15, 0.2) is 0 Å². The second-order valence-electron chi connectivity index (χ2n) is 12.7. The standard InChI is InChI=1S/C26H46N2O3/c1-15(2)18-11-10-16(3)12-20(18)31-14-21(29)27-23(25(5,6)7)24(30)28-13-19-22(17(28)4)26(19,8)9/h15-20,22-23H,10-14H2,1-9H3,(H,27,29)/t16-,17+,18+,19?,20-,22+,23+/m0/s1. The Kier molecular flexibility index (Phi) is 6.87. The minimum atomic E-state index is -0.530. The largest absolute Gasteiger partial charge is 0.368 e. The fourth-order valence-electron chi connectivity index (χ4n) is 6.46. The molecule has 0 radical (unpaired) electrons. The number of nitrogens with one attached hydrogen (secondary N) is 1. The number of hydrogen-bond donors (Lipinski definition) is 1. The Labute approximate surface area is 190 Å².